The van der Waals surface area contributed by atoms with Gasteiger partial charge in [0, 0.05) is 30.5 Å². The molecule has 0 amide bonds. The van der Waals surface area contributed by atoms with E-state index < -0.39 is 0 Å². The lowest BCUT2D eigenvalue weighted by atomic mass is 10.1. The molecule has 0 N–H and O–H groups in total. The summed E-state index contributed by atoms with van der Waals surface area (Å²) in [5.41, 5.74) is 5.64. The molecule has 1 heterocycles. The highest BCUT2D eigenvalue weighted by Gasteiger charge is 2.12. The molecule has 0 aliphatic rings. The largest absolute Gasteiger partial charge is 0.489 e. The predicted molar refractivity (Wildman–Crippen MR) is 146 cm³/mol. The van der Waals surface area contributed by atoms with Gasteiger partial charge in [0.15, 0.2) is 5.13 Å². The van der Waals surface area contributed by atoms with E-state index in [1.807, 2.05) is 42.5 Å². The lowest BCUT2D eigenvalue weighted by Crippen LogP contribution is -2.23. The zero-order valence-corrected chi connectivity index (χ0v) is 21.7. The molecule has 0 saturated carbocycles. The molecule has 3 aromatic carbocycles. The summed E-state index contributed by atoms with van der Waals surface area (Å²) in [5, 5.41) is 3.19. The second-order valence-electron chi connectivity index (χ2n) is 8.63. The Bertz CT molecular complexity index is 1220. The summed E-state index contributed by atoms with van der Waals surface area (Å²) in [6.07, 6.45) is 2.11. The van der Waals surface area contributed by atoms with Crippen LogP contribution >= 0.6 is 11.3 Å². The molecule has 36 heavy (non-hydrogen) atoms. The van der Waals surface area contributed by atoms with Crippen LogP contribution < -0.4 is 9.64 Å². The topological polar surface area (TPSA) is 51.7 Å². The first kappa shape index (κ1) is 25.5. The highest BCUT2D eigenvalue weighted by Crippen LogP contribution is 2.28. The highest BCUT2D eigenvalue weighted by atomic mass is 32.1. The number of thiazole rings is 1. The summed E-state index contributed by atoms with van der Waals surface area (Å²) in [4.78, 5) is 18.6. The van der Waals surface area contributed by atoms with Crippen LogP contribution in [0.15, 0.2) is 84.2 Å². The van der Waals surface area contributed by atoms with E-state index in [1.165, 1.54) is 12.7 Å². The summed E-state index contributed by atoms with van der Waals surface area (Å²) in [5.74, 6) is 0.619. The molecule has 0 bridgehead atoms. The van der Waals surface area contributed by atoms with Crippen LogP contribution in [0.1, 0.15) is 36.5 Å². The number of hydrogen-bond acceptors (Lipinski definition) is 6. The van der Waals surface area contributed by atoms with E-state index in [0.29, 0.717) is 19.4 Å². The van der Waals surface area contributed by atoms with Crippen molar-refractivity contribution in [2.24, 2.45) is 0 Å². The molecule has 0 aliphatic heterocycles. The van der Waals surface area contributed by atoms with Crippen molar-refractivity contribution >= 4 is 22.4 Å². The van der Waals surface area contributed by atoms with Crippen molar-refractivity contribution in [3.63, 3.8) is 0 Å². The molecule has 5 nitrogen and oxygen atoms in total. The molecular formula is C30H32N2O3S. The Morgan fingerprint density at radius 3 is 2.31 bits per heavy atom. The number of anilines is 1. The summed E-state index contributed by atoms with van der Waals surface area (Å²) >= 11 is 1.70. The van der Waals surface area contributed by atoms with Crippen LogP contribution in [0.2, 0.25) is 0 Å². The summed E-state index contributed by atoms with van der Waals surface area (Å²) in [7, 11) is 1.41. The number of aryl methyl sites for hydroxylation is 1. The Labute approximate surface area is 217 Å². The summed E-state index contributed by atoms with van der Waals surface area (Å²) in [6, 6.07) is 26.8. The van der Waals surface area contributed by atoms with Crippen molar-refractivity contribution in [1.29, 1.82) is 0 Å². The molecule has 0 unspecified atom stereocenters. The number of carbonyl (C=O) groups excluding carboxylic acids is 1. The van der Waals surface area contributed by atoms with Gasteiger partial charge in [0.05, 0.1) is 12.8 Å². The van der Waals surface area contributed by atoms with Crippen molar-refractivity contribution in [1.82, 2.24) is 4.98 Å². The number of aromatic nitrogens is 1. The fraction of sp³-hybridized carbons (Fsp3) is 0.267. The smallest absolute Gasteiger partial charge is 0.305 e. The Balaban J connectivity index is 1.32. The third kappa shape index (κ3) is 7.18. The second kappa shape index (κ2) is 12.9. The van der Waals surface area contributed by atoms with Crippen molar-refractivity contribution in [3.05, 3.63) is 101 Å². The maximum absolute atomic E-state index is 11.3. The van der Waals surface area contributed by atoms with Gasteiger partial charge in [-0.2, -0.15) is 0 Å². The maximum atomic E-state index is 11.3. The van der Waals surface area contributed by atoms with Crippen LogP contribution in [0.25, 0.3) is 11.3 Å². The predicted octanol–water partition coefficient (Wildman–Crippen LogP) is 6.91. The van der Waals surface area contributed by atoms with E-state index in [1.54, 1.807) is 11.3 Å². The van der Waals surface area contributed by atoms with Gasteiger partial charge in [0.2, 0.25) is 0 Å². The SMILES string of the molecule is CCCN(Cc1ccc(COc2ccc(CCC(=O)OC)cc2)cc1)c1nc(-c2ccccc2)cs1. The average molecular weight is 501 g/mol. The van der Waals surface area contributed by atoms with Crippen molar-refractivity contribution in [3.8, 4) is 17.0 Å². The minimum absolute atomic E-state index is 0.194. The van der Waals surface area contributed by atoms with E-state index in [4.69, 9.17) is 14.5 Å². The number of carbonyl (C=O) groups is 1. The van der Waals surface area contributed by atoms with Gasteiger partial charge >= 0.3 is 5.97 Å². The van der Waals surface area contributed by atoms with Gasteiger partial charge in [-0.3, -0.25) is 4.79 Å². The van der Waals surface area contributed by atoms with Gasteiger partial charge in [-0.25, -0.2) is 4.98 Å². The summed E-state index contributed by atoms with van der Waals surface area (Å²) < 4.78 is 10.7. The fourth-order valence-electron chi connectivity index (χ4n) is 3.89. The molecule has 0 radical (unpaired) electrons. The van der Waals surface area contributed by atoms with Crippen LogP contribution in [0.4, 0.5) is 5.13 Å². The standard InChI is InChI=1S/C30H32N2O3S/c1-3-19-32(30-31-28(22-36-30)26-7-5-4-6-8-26)20-24-9-11-25(12-10-24)21-35-27-16-13-23(14-17-27)15-18-29(33)34-2/h4-14,16-17,22H,3,15,18-21H2,1-2H3. The maximum Gasteiger partial charge on any atom is 0.305 e. The number of rotatable bonds is 12. The van der Waals surface area contributed by atoms with Gasteiger partial charge in [0.1, 0.15) is 12.4 Å². The molecule has 0 aliphatic carbocycles. The molecule has 1 aromatic heterocycles. The van der Waals surface area contributed by atoms with Gasteiger partial charge in [-0.05, 0) is 41.7 Å². The number of hydrogen-bond donors (Lipinski definition) is 0. The van der Waals surface area contributed by atoms with Crippen LogP contribution in [-0.4, -0.2) is 24.6 Å². The fourth-order valence-corrected chi connectivity index (χ4v) is 4.75. The molecule has 0 fully saturated rings. The van der Waals surface area contributed by atoms with E-state index in [9.17, 15) is 4.79 Å². The van der Waals surface area contributed by atoms with E-state index >= 15 is 0 Å². The zero-order valence-electron chi connectivity index (χ0n) is 20.9. The quantitative estimate of drug-likeness (QED) is 0.198. The van der Waals surface area contributed by atoms with Crippen LogP contribution in [0, 0.1) is 0 Å². The molecule has 4 aromatic rings. The van der Waals surface area contributed by atoms with Crippen molar-refractivity contribution in [2.45, 2.75) is 39.3 Å². The molecule has 4 rings (SSSR count). The first-order valence-corrected chi connectivity index (χ1v) is 13.1. The van der Waals surface area contributed by atoms with Gasteiger partial charge in [-0.15, -0.1) is 11.3 Å². The molecule has 0 saturated heterocycles. The number of esters is 1. The Morgan fingerprint density at radius 1 is 0.917 bits per heavy atom. The lowest BCUT2D eigenvalue weighted by molar-refractivity contribution is -0.140. The molecule has 0 spiro atoms. The highest BCUT2D eigenvalue weighted by molar-refractivity contribution is 7.14. The minimum Gasteiger partial charge on any atom is -0.489 e. The average Bonchev–Trinajstić information content (AvgIpc) is 3.42. The molecule has 6 heteroatoms. The first-order valence-electron chi connectivity index (χ1n) is 12.3. The number of nitrogens with zero attached hydrogens (tertiary/aromatic N) is 2. The summed E-state index contributed by atoms with van der Waals surface area (Å²) in [6.45, 7) is 4.49. The first-order chi connectivity index (χ1) is 17.6. The Hall–Kier alpha value is -3.64. The van der Waals surface area contributed by atoms with Crippen molar-refractivity contribution < 1.29 is 14.3 Å². The zero-order chi connectivity index (χ0) is 25.2. The van der Waals surface area contributed by atoms with Crippen LogP contribution in [0.3, 0.4) is 0 Å². The van der Waals surface area contributed by atoms with Gasteiger partial charge in [-0.1, -0.05) is 73.7 Å². The Kier molecular flexibility index (Phi) is 9.11. The van der Waals surface area contributed by atoms with Gasteiger partial charge < -0.3 is 14.4 Å². The minimum atomic E-state index is -0.194. The van der Waals surface area contributed by atoms with E-state index in [2.05, 4.69) is 53.6 Å². The second-order valence-corrected chi connectivity index (χ2v) is 9.46. The normalized spacial score (nSPS) is 10.7. The molecule has 0 atom stereocenters. The number of methoxy groups -OCH3 is 1. The molecule has 186 valence electrons. The third-order valence-corrected chi connectivity index (χ3v) is 6.80. The number of ether oxygens (including phenoxy) is 2. The Morgan fingerprint density at radius 2 is 1.61 bits per heavy atom. The monoisotopic (exact) mass is 500 g/mol. The molecular weight excluding hydrogens is 468 g/mol. The van der Waals surface area contributed by atoms with Gasteiger partial charge in [0.25, 0.3) is 0 Å². The van der Waals surface area contributed by atoms with E-state index in [-0.39, 0.29) is 5.97 Å². The third-order valence-electron chi connectivity index (χ3n) is 5.90. The van der Waals surface area contributed by atoms with Crippen LogP contribution in [0.5, 0.6) is 5.75 Å². The van der Waals surface area contributed by atoms with E-state index in [0.717, 1.165) is 52.8 Å². The number of benzene rings is 3. The van der Waals surface area contributed by atoms with Crippen molar-refractivity contribution in [2.75, 3.05) is 18.6 Å². The van der Waals surface area contributed by atoms with Crippen LogP contribution in [-0.2, 0) is 29.1 Å². The lowest BCUT2D eigenvalue weighted by Gasteiger charge is -2.21.